The van der Waals surface area contributed by atoms with Crippen molar-refractivity contribution in [1.82, 2.24) is 9.97 Å². The van der Waals surface area contributed by atoms with Gasteiger partial charge in [-0.2, -0.15) is 0 Å². The molecule has 0 aliphatic rings. The van der Waals surface area contributed by atoms with Gasteiger partial charge in [0.05, 0.1) is 18.9 Å². The number of methoxy groups -OCH3 is 1. The Morgan fingerprint density at radius 1 is 1.17 bits per heavy atom. The van der Waals surface area contributed by atoms with Crippen LogP contribution < -0.4 is 15.2 Å². The van der Waals surface area contributed by atoms with E-state index in [0.717, 1.165) is 5.56 Å². The Hall–Kier alpha value is -2.34. The van der Waals surface area contributed by atoms with Crippen molar-refractivity contribution in [2.75, 3.05) is 12.8 Å². The summed E-state index contributed by atoms with van der Waals surface area (Å²) in [5.41, 5.74) is 6.43. The molecule has 0 aliphatic carbocycles. The van der Waals surface area contributed by atoms with Gasteiger partial charge in [0, 0.05) is 11.1 Å². The van der Waals surface area contributed by atoms with Gasteiger partial charge >= 0.3 is 0 Å². The maximum absolute atomic E-state index is 10.4. The summed E-state index contributed by atoms with van der Waals surface area (Å²) in [6.07, 6.45) is 1.55. The molecule has 0 amide bonds. The van der Waals surface area contributed by atoms with Gasteiger partial charge < -0.3 is 20.3 Å². The fourth-order valence-electron chi connectivity index (χ4n) is 2.44. The van der Waals surface area contributed by atoms with E-state index in [1.54, 1.807) is 40.1 Å². The lowest BCUT2D eigenvalue weighted by Gasteiger charge is -2.24. The minimum atomic E-state index is -1.08. The van der Waals surface area contributed by atoms with E-state index in [-0.39, 0.29) is 11.7 Å². The van der Waals surface area contributed by atoms with Gasteiger partial charge in [0.25, 0.3) is 0 Å². The number of benzene rings is 1. The first-order valence-corrected chi connectivity index (χ1v) is 7.85. The highest BCUT2D eigenvalue weighted by molar-refractivity contribution is 5.53. The number of aryl methyl sites for hydroxylation is 1. The second-order valence-electron chi connectivity index (χ2n) is 6.57. The van der Waals surface area contributed by atoms with Crippen LogP contribution in [0.15, 0.2) is 18.3 Å². The zero-order chi connectivity index (χ0) is 18.1. The number of hydrogen-bond donors (Lipinski definition) is 2. The highest BCUT2D eigenvalue weighted by atomic mass is 16.5. The molecule has 0 bridgehead atoms. The van der Waals surface area contributed by atoms with Crippen LogP contribution in [0.1, 0.15) is 50.6 Å². The molecule has 0 saturated carbocycles. The van der Waals surface area contributed by atoms with Crippen LogP contribution in [0.3, 0.4) is 0 Å². The number of nitrogens with two attached hydrogens (primary N) is 1. The highest BCUT2D eigenvalue weighted by Gasteiger charge is 2.25. The smallest absolute Gasteiger partial charge is 0.187 e. The summed E-state index contributed by atoms with van der Waals surface area (Å²) in [4.78, 5) is 8.24. The van der Waals surface area contributed by atoms with E-state index in [9.17, 15) is 5.11 Å². The van der Waals surface area contributed by atoms with Crippen LogP contribution in [-0.4, -0.2) is 22.2 Å². The van der Waals surface area contributed by atoms with E-state index < -0.39 is 5.60 Å². The molecule has 6 heteroatoms. The molecule has 0 spiro atoms. The fraction of sp³-hybridized carbons (Fsp3) is 0.444. The molecule has 3 N–H and O–H groups in total. The number of aliphatic hydroxyl groups is 1. The number of nitrogens with zero attached hydrogens (tertiary/aromatic N) is 2. The van der Waals surface area contributed by atoms with Crippen LogP contribution in [0.2, 0.25) is 0 Å². The summed E-state index contributed by atoms with van der Waals surface area (Å²) in [5, 5.41) is 10.4. The molecule has 1 aromatic carbocycles. The van der Waals surface area contributed by atoms with Crippen molar-refractivity contribution in [3.8, 4) is 17.2 Å². The van der Waals surface area contributed by atoms with Gasteiger partial charge in [-0.1, -0.05) is 13.8 Å². The molecule has 6 nitrogen and oxygen atoms in total. The summed E-state index contributed by atoms with van der Waals surface area (Å²) < 4.78 is 11.4. The van der Waals surface area contributed by atoms with Crippen LogP contribution >= 0.6 is 0 Å². The second-order valence-corrected chi connectivity index (χ2v) is 6.57. The van der Waals surface area contributed by atoms with E-state index >= 15 is 0 Å². The Morgan fingerprint density at radius 2 is 1.83 bits per heavy atom. The topological polar surface area (TPSA) is 90.5 Å². The predicted octanol–water partition coefficient (Wildman–Crippen LogP) is 3.52. The fourth-order valence-corrected chi connectivity index (χ4v) is 2.44. The SMILES string of the molecule is COc1cc(C(C)C)c(Oc2cnc(C)nc2N)cc1C(C)(C)O. The molecule has 24 heavy (non-hydrogen) atoms. The standard InChI is InChI=1S/C18H25N3O3/c1-10(2)12-7-15(23-6)13(18(4,5)22)8-14(12)24-16-9-20-11(3)21-17(16)19/h7-10,22H,1-6H3,(H2,19,20,21). The van der Waals surface area contributed by atoms with Crippen molar-refractivity contribution >= 4 is 5.82 Å². The minimum Gasteiger partial charge on any atom is -0.496 e. The van der Waals surface area contributed by atoms with Crippen LogP contribution in [-0.2, 0) is 5.60 Å². The molecule has 0 aliphatic heterocycles. The molecular weight excluding hydrogens is 306 g/mol. The summed E-state index contributed by atoms with van der Waals surface area (Å²) >= 11 is 0. The Balaban J connectivity index is 2.58. The first-order valence-electron chi connectivity index (χ1n) is 7.85. The number of nitrogen functional groups attached to an aromatic ring is 1. The quantitative estimate of drug-likeness (QED) is 0.871. The zero-order valence-corrected chi connectivity index (χ0v) is 15.0. The van der Waals surface area contributed by atoms with E-state index in [0.29, 0.717) is 28.6 Å². The summed E-state index contributed by atoms with van der Waals surface area (Å²) in [6.45, 7) is 9.28. The van der Waals surface area contributed by atoms with Crippen molar-refractivity contribution in [3.05, 3.63) is 35.3 Å². The van der Waals surface area contributed by atoms with Crippen molar-refractivity contribution in [1.29, 1.82) is 0 Å². The van der Waals surface area contributed by atoms with E-state index in [1.165, 1.54) is 0 Å². The Morgan fingerprint density at radius 3 is 2.33 bits per heavy atom. The van der Waals surface area contributed by atoms with Crippen molar-refractivity contribution in [3.63, 3.8) is 0 Å². The average molecular weight is 331 g/mol. The molecular formula is C18H25N3O3. The van der Waals surface area contributed by atoms with Gasteiger partial charge in [0.15, 0.2) is 11.6 Å². The first-order chi connectivity index (χ1) is 11.1. The van der Waals surface area contributed by atoms with Gasteiger partial charge in [-0.15, -0.1) is 0 Å². The summed E-state index contributed by atoms with van der Waals surface area (Å²) in [7, 11) is 1.58. The second kappa shape index (κ2) is 6.65. The van der Waals surface area contributed by atoms with Crippen LogP contribution in [0.4, 0.5) is 5.82 Å². The molecule has 1 aromatic heterocycles. The maximum atomic E-state index is 10.4. The number of rotatable bonds is 5. The molecule has 0 atom stereocenters. The molecule has 130 valence electrons. The van der Waals surface area contributed by atoms with Gasteiger partial charge in [-0.05, 0) is 38.8 Å². The molecule has 2 aromatic rings. The highest BCUT2D eigenvalue weighted by Crippen LogP contribution is 2.40. The van der Waals surface area contributed by atoms with Gasteiger partial charge in [-0.25, -0.2) is 9.97 Å². The van der Waals surface area contributed by atoms with Crippen molar-refractivity contribution in [2.24, 2.45) is 0 Å². The van der Waals surface area contributed by atoms with Gasteiger partial charge in [0.1, 0.15) is 17.3 Å². The van der Waals surface area contributed by atoms with E-state index in [4.69, 9.17) is 15.2 Å². The van der Waals surface area contributed by atoms with Gasteiger partial charge in [0.2, 0.25) is 0 Å². The number of hydrogen-bond acceptors (Lipinski definition) is 6. The normalized spacial score (nSPS) is 11.7. The van der Waals surface area contributed by atoms with Crippen molar-refractivity contribution < 1.29 is 14.6 Å². The minimum absolute atomic E-state index is 0.192. The monoisotopic (exact) mass is 331 g/mol. The Labute approximate surface area is 142 Å². The molecule has 1 heterocycles. The lowest BCUT2D eigenvalue weighted by molar-refractivity contribution is 0.0753. The molecule has 0 fully saturated rings. The number of anilines is 1. The predicted molar refractivity (Wildman–Crippen MR) is 93.6 cm³/mol. The third-order valence-electron chi connectivity index (χ3n) is 3.74. The molecule has 2 rings (SSSR count). The first kappa shape index (κ1) is 18.0. The van der Waals surface area contributed by atoms with Crippen LogP contribution in [0, 0.1) is 6.92 Å². The largest absolute Gasteiger partial charge is 0.496 e. The maximum Gasteiger partial charge on any atom is 0.187 e. The zero-order valence-electron chi connectivity index (χ0n) is 15.0. The van der Waals surface area contributed by atoms with E-state index in [2.05, 4.69) is 23.8 Å². The third kappa shape index (κ3) is 3.76. The van der Waals surface area contributed by atoms with Gasteiger partial charge in [-0.3, -0.25) is 0 Å². The Kier molecular flexibility index (Phi) is 4.99. The molecule has 0 unspecified atom stereocenters. The number of ether oxygens (including phenoxy) is 2. The lowest BCUT2D eigenvalue weighted by Crippen LogP contribution is -2.17. The lowest BCUT2D eigenvalue weighted by atomic mass is 9.92. The molecule has 0 saturated heterocycles. The Bertz CT molecular complexity index is 737. The number of aromatic nitrogens is 2. The van der Waals surface area contributed by atoms with Crippen molar-refractivity contribution in [2.45, 2.75) is 46.1 Å². The summed E-state index contributed by atoms with van der Waals surface area (Å²) in [6, 6.07) is 3.67. The third-order valence-corrected chi connectivity index (χ3v) is 3.74. The molecule has 0 radical (unpaired) electrons. The van der Waals surface area contributed by atoms with Crippen LogP contribution in [0.25, 0.3) is 0 Å². The average Bonchev–Trinajstić information content (AvgIpc) is 2.48. The van der Waals surface area contributed by atoms with Crippen LogP contribution in [0.5, 0.6) is 17.2 Å². The van der Waals surface area contributed by atoms with E-state index in [1.807, 2.05) is 6.07 Å². The summed E-state index contributed by atoms with van der Waals surface area (Å²) in [5.74, 6) is 2.65.